The zero-order valence-corrected chi connectivity index (χ0v) is 34.1. The van der Waals surface area contributed by atoms with Gasteiger partial charge >= 0.3 is 11.9 Å². The van der Waals surface area contributed by atoms with Gasteiger partial charge in [-0.05, 0) is 110 Å². The molecule has 0 amide bonds. The van der Waals surface area contributed by atoms with Crippen molar-refractivity contribution in [1.82, 2.24) is 0 Å². The third-order valence-electron chi connectivity index (χ3n) is 9.55. The number of phenols is 2. The van der Waals surface area contributed by atoms with Crippen LogP contribution in [-0.2, 0) is 26.6 Å². The summed E-state index contributed by atoms with van der Waals surface area (Å²) >= 11 is 0. The third-order valence-corrected chi connectivity index (χ3v) is 9.55. The van der Waals surface area contributed by atoms with Gasteiger partial charge in [-0.15, -0.1) is 0 Å². The molecule has 0 atom stereocenters. The number of nitrogens with zero attached hydrogens (tertiary/aromatic N) is 2. The Bertz CT molecular complexity index is 1890. The first-order chi connectivity index (χ1) is 27.2. The maximum atomic E-state index is 12.4. The molecule has 0 spiro atoms. The fraction of sp³-hybridized carbons (Fsp3) is 0.362. The van der Waals surface area contributed by atoms with E-state index in [0.717, 1.165) is 54.8 Å². The van der Waals surface area contributed by atoms with E-state index in [1.54, 1.807) is 55.7 Å². The molecule has 0 heterocycles. The molecule has 1 aliphatic carbocycles. The van der Waals surface area contributed by atoms with Crippen molar-refractivity contribution in [3.05, 3.63) is 125 Å². The molecule has 1 aliphatic rings. The number of unbranched alkanes of at least 4 members (excludes halogenated alkanes) is 7. The number of hydrogen-bond acceptors (Lipinski definition) is 9. The molecule has 57 heavy (non-hydrogen) atoms. The van der Waals surface area contributed by atoms with Gasteiger partial charge in [-0.3, -0.25) is 9.98 Å². The van der Waals surface area contributed by atoms with Crippen LogP contribution in [0.1, 0.15) is 116 Å². The molecule has 9 nitrogen and oxygen atoms in total. The molecule has 0 saturated heterocycles. The molecule has 0 unspecified atom stereocenters. The topological polar surface area (TPSA) is 127 Å². The van der Waals surface area contributed by atoms with Crippen LogP contribution in [0.4, 0.5) is 5.69 Å². The van der Waals surface area contributed by atoms with Gasteiger partial charge in [0.05, 0.1) is 24.5 Å². The minimum absolute atomic E-state index is 0. The summed E-state index contributed by atoms with van der Waals surface area (Å²) in [6.07, 6.45) is 18.5. The minimum Gasteiger partial charge on any atom is -0.507 e. The number of aromatic hydroxyl groups is 2. The van der Waals surface area contributed by atoms with Gasteiger partial charge in [0.2, 0.25) is 0 Å². The van der Waals surface area contributed by atoms with E-state index < -0.39 is 5.97 Å². The van der Waals surface area contributed by atoms with Gasteiger partial charge < -0.3 is 24.4 Å². The van der Waals surface area contributed by atoms with E-state index in [9.17, 15) is 19.8 Å². The second-order valence-corrected chi connectivity index (χ2v) is 14.0. The summed E-state index contributed by atoms with van der Waals surface area (Å²) < 4.78 is 16.0. The molecule has 2 N–H and O–H groups in total. The quantitative estimate of drug-likeness (QED) is 0.0241. The summed E-state index contributed by atoms with van der Waals surface area (Å²) in [7, 11) is 1.61. The summed E-state index contributed by atoms with van der Waals surface area (Å²) in [5.74, 6) is 1.12. The van der Waals surface area contributed by atoms with Gasteiger partial charge in [0, 0.05) is 59.8 Å². The van der Waals surface area contributed by atoms with Crippen molar-refractivity contribution in [1.29, 1.82) is 0 Å². The molecular weight excluding hydrogens is 768 g/mol. The Labute approximate surface area is 348 Å². The molecule has 5 rings (SSSR count). The fourth-order valence-electron chi connectivity index (χ4n) is 6.37. The number of phenolic OH excluding ortho intramolecular Hbond substituents is 2. The molecule has 307 valence electrons. The number of carbonyl (C=O) groups excluding carboxylic acids is 2. The maximum absolute atomic E-state index is 12.4. The number of carbonyl (C=O) groups is 2. The fourth-order valence-corrected chi connectivity index (χ4v) is 6.37. The monoisotopic (exact) mass is 823 g/mol. The maximum Gasteiger partial charge on any atom is 0.343 e. The van der Waals surface area contributed by atoms with E-state index in [-0.39, 0.29) is 40.3 Å². The number of benzene rings is 4. The number of aryl methyl sites for hydroxylation is 1. The first-order valence-corrected chi connectivity index (χ1v) is 19.7. The van der Waals surface area contributed by atoms with E-state index in [1.165, 1.54) is 68.9 Å². The van der Waals surface area contributed by atoms with Crippen molar-refractivity contribution >= 4 is 30.1 Å². The Hall–Kier alpha value is -5.18. The number of ether oxygens (including phenoxy) is 3. The van der Waals surface area contributed by atoms with Crippen LogP contribution < -0.4 is 9.47 Å². The molecule has 1 fully saturated rings. The molecule has 1 radical (unpaired) electrons. The molecule has 10 heteroatoms. The van der Waals surface area contributed by atoms with E-state index in [2.05, 4.69) is 40.8 Å². The summed E-state index contributed by atoms with van der Waals surface area (Å²) in [5, 5.41) is 19.8. The zero-order valence-electron chi connectivity index (χ0n) is 33.1. The molecule has 4 aromatic rings. The summed E-state index contributed by atoms with van der Waals surface area (Å²) in [5.41, 5.74) is 5.11. The van der Waals surface area contributed by atoms with Gasteiger partial charge in [-0.25, -0.2) is 9.59 Å². The van der Waals surface area contributed by atoms with Crippen LogP contribution in [0, 0.1) is 6.92 Å². The standard InChI is InChI=1S/C28H35NO6.C19H21NO.Cu/c1-3-27(31)34-19-11-9-7-5-4-6-8-10-18-33-24-15-12-22(13-16-24)28(32)35-25-17-14-23(21-29-2)26(30)20-25;1-14-6-7-17(19(21)12-14)13-20-18-10-8-16(9-11-18)15-4-2-3-5-15;/h3,12-17,20-21,30H,1,4-11,18-19H2,2H3;6-13,15,21H,2-5H2,1H3;. The van der Waals surface area contributed by atoms with E-state index in [4.69, 9.17) is 14.2 Å². The van der Waals surface area contributed by atoms with Gasteiger partial charge in [0.1, 0.15) is 23.0 Å². The second-order valence-electron chi connectivity index (χ2n) is 14.0. The molecule has 0 aromatic heterocycles. The molecule has 0 aliphatic heterocycles. The number of esters is 2. The van der Waals surface area contributed by atoms with Crippen molar-refractivity contribution in [2.75, 3.05) is 20.3 Å². The van der Waals surface area contributed by atoms with Crippen LogP contribution in [-0.4, -0.2) is 54.8 Å². The summed E-state index contributed by atoms with van der Waals surface area (Å²) in [6, 6.07) is 25.6. The SMILES string of the molecule is C=CC(=O)OCCCCCCCCCCOc1ccc(C(=O)Oc2ccc(C=NC)c(O)c2)cc1.Cc1ccc(C=Nc2ccc(C3CCCC3)cc2)c(O)c1.[Cu]. The first-order valence-electron chi connectivity index (χ1n) is 19.7. The van der Waals surface area contributed by atoms with Crippen molar-refractivity contribution in [2.45, 2.75) is 89.9 Å². The van der Waals surface area contributed by atoms with Gasteiger partial charge in [-0.2, -0.15) is 0 Å². The van der Waals surface area contributed by atoms with Crippen molar-refractivity contribution < 1.29 is 51.1 Å². The van der Waals surface area contributed by atoms with Crippen LogP contribution >= 0.6 is 0 Å². The van der Waals surface area contributed by atoms with E-state index >= 15 is 0 Å². The molecular formula is C47H56CuN2O7. The van der Waals surface area contributed by atoms with Crippen molar-refractivity contribution in [3.8, 4) is 23.0 Å². The second kappa shape index (κ2) is 25.9. The smallest absolute Gasteiger partial charge is 0.343 e. The normalized spacial score (nSPS) is 12.5. The summed E-state index contributed by atoms with van der Waals surface area (Å²) in [4.78, 5) is 31.6. The summed E-state index contributed by atoms with van der Waals surface area (Å²) in [6.45, 7) is 6.43. The predicted octanol–water partition coefficient (Wildman–Crippen LogP) is 11.0. The van der Waals surface area contributed by atoms with Crippen LogP contribution in [0.15, 0.2) is 108 Å². The van der Waals surface area contributed by atoms with Gasteiger partial charge in [-0.1, -0.05) is 76.1 Å². The van der Waals surface area contributed by atoms with Crippen LogP contribution in [0.2, 0.25) is 0 Å². The third kappa shape index (κ3) is 16.8. The Balaban J connectivity index is 0.000000336. The first kappa shape index (κ1) is 46.2. The Morgan fingerprint density at radius 1 is 0.737 bits per heavy atom. The molecule has 4 aromatic carbocycles. The minimum atomic E-state index is -0.509. The Kier molecular flexibility index (Phi) is 21.0. The zero-order chi connectivity index (χ0) is 40.0. The number of rotatable bonds is 19. The Morgan fingerprint density at radius 2 is 1.32 bits per heavy atom. The molecule has 1 saturated carbocycles. The van der Waals surface area contributed by atoms with Crippen LogP contribution in [0.5, 0.6) is 23.0 Å². The van der Waals surface area contributed by atoms with Gasteiger partial charge in [0.15, 0.2) is 0 Å². The predicted molar refractivity (Wildman–Crippen MR) is 224 cm³/mol. The Morgan fingerprint density at radius 3 is 1.93 bits per heavy atom. The van der Waals surface area contributed by atoms with Crippen LogP contribution in [0.25, 0.3) is 0 Å². The van der Waals surface area contributed by atoms with E-state index in [1.807, 2.05) is 19.1 Å². The number of hydrogen-bond donors (Lipinski definition) is 2. The largest absolute Gasteiger partial charge is 0.507 e. The van der Waals surface area contributed by atoms with E-state index in [0.29, 0.717) is 30.1 Å². The van der Waals surface area contributed by atoms with Crippen LogP contribution in [0.3, 0.4) is 0 Å². The average Bonchev–Trinajstić information content (AvgIpc) is 3.75. The molecule has 0 bridgehead atoms. The van der Waals surface area contributed by atoms with Gasteiger partial charge in [0.25, 0.3) is 0 Å². The average molecular weight is 825 g/mol. The van der Waals surface area contributed by atoms with Crippen molar-refractivity contribution in [2.24, 2.45) is 9.98 Å². The van der Waals surface area contributed by atoms with Crippen molar-refractivity contribution in [3.63, 3.8) is 0 Å². The number of aliphatic imine (C=N–C) groups is 2.